The number of nitrogens with zero attached hydrogens (tertiary/aromatic N) is 2. The summed E-state index contributed by atoms with van der Waals surface area (Å²) >= 11 is 0. The molecule has 0 aromatic carbocycles. The van der Waals surface area contributed by atoms with Crippen LogP contribution < -0.4 is 14.2 Å². The van der Waals surface area contributed by atoms with Gasteiger partial charge in [-0.15, -0.1) is 0 Å². The van der Waals surface area contributed by atoms with E-state index in [4.69, 9.17) is 14.2 Å². The van der Waals surface area contributed by atoms with Crippen LogP contribution in [0.15, 0.2) is 0 Å². The van der Waals surface area contributed by atoms with Crippen molar-refractivity contribution in [3.63, 3.8) is 0 Å². The van der Waals surface area contributed by atoms with Gasteiger partial charge >= 0.3 is 6.01 Å². The topological polar surface area (TPSA) is 53.5 Å². The first kappa shape index (κ1) is 11.6. The van der Waals surface area contributed by atoms with Crippen LogP contribution in [0.4, 0.5) is 0 Å². The van der Waals surface area contributed by atoms with Gasteiger partial charge in [-0.05, 0) is 5.92 Å². The van der Waals surface area contributed by atoms with Crippen molar-refractivity contribution in [3.05, 3.63) is 5.56 Å². The molecule has 1 aromatic heterocycles. The molecule has 0 fully saturated rings. The molecule has 15 heavy (non-hydrogen) atoms. The number of methoxy groups -OCH3 is 3. The first-order valence-electron chi connectivity index (χ1n) is 4.67. The van der Waals surface area contributed by atoms with Crippen LogP contribution in [0.5, 0.6) is 17.8 Å². The molecule has 0 atom stereocenters. The Morgan fingerprint density at radius 3 is 1.60 bits per heavy atom. The van der Waals surface area contributed by atoms with E-state index in [0.29, 0.717) is 11.8 Å². The van der Waals surface area contributed by atoms with E-state index in [2.05, 4.69) is 9.97 Å². The van der Waals surface area contributed by atoms with Crippen LogP contribution >= 0.6 is 0 Å². The third kappa shape index (κ3) is 2.29. The lowest BCUT2D eigenvalue weighted by molar-refractivity contribution is 0.321. The Labute approximate surface area is 89.4 Å². The maximum atomic E-state index is 5.18. The van der Waals surface area contributed by atoms with Gasteiger partial charge in [0, 0.05) is 0 Å². The van der Waals surface area contributed by atoms with E-state index in [-0.39, 0.29) is 11.9 Å². The molecule has 0 unspecified atom stereocenters. The average Bonchev–Trinajstić information content (AvgIpc) is 2.26. The first-order valence-corrected chi connectivity index (χ1v) is 4.67. The molecule has 0 amide bonds. The molecule has 0 bridgehead atoms. The summed E-state index contributed by atoms with van der Waals surface area (Å²) < 4.78 is 15.3. The lowest BCUT2D eigenvalue weighted by atomic mass is 10.1. The Bertz CT molecular complexity index is 314. The second kappa shape index (κ2) is 4.82. The Balaban J connectivity index is 3.32. The van der Waals surface area contributed by atoms with E-state index in [0.717, 1.165) is 5.56 Å². The molecule has 84 valence electrons. The maximum absolute atomic E-state index is 5.18. The van der Waals surface area contributed by atoms with E-state index in [1.54, 1.807) is 14.2 Å². The zero-order chi connectivity index (χ0) is 11.4. The average molecular weight is 212 g/mol. The van der Waals surface area contributed by atoms with Gasteiger partial charge in [0.25, 0.3) is 0 Å². The quantitative estimate of drug-likeness (QED) is 0.759. The van der Waals surface area contributed by atoms with Crippen molar-refractivity contribution >= 4 is 0 Å². The lowest BCUT2D eigenvalue weighted by Gasteiger charge is -2.14. The van der Waals surface area contributed by atoms with E-state index in [1.807, 2.05) is 13.8 Å². The second-order valence-corrected chi connectivity index (χ2v) is 3.30. The van der Waals surface area contributed by atoms with Crippen molar-refractivity contribution in [2.75, 3.05) is 21.3 Å². The summed E-state index contributed by atoms with van der Waals surface area (Å²) in [6, 6.07) is 0.244. The first-order chi connectivity index (χ1) is 7.13. The van der Waals surface area contributed by atoms with Crippen molar-refractivity contribution in [2.24, 2.45) is 0 Å². The summed E-state index contributed by atoms with van der Waals surface area (Å²) in [5.41, 5.74) is 0.848. The molecule has 1 heterocycles. The minimum absolute atomic E-state index is 0.223. The summed E-state index contributed by atoms with van der Waals surface area (Å²) in [6.45, 7) is 4.05. The molecule has 0 spiro atoms. The van der Waals surface area contributed by atoms with E-state index in [1.165, 1.54) is 7.11 Å². The molecular weight excluding hydrogens is 196 g/mol. The van der Waals surface area contributed by atoms with Crippen molar-refractivity contribution < 1.29 is 14.2 Å². The van der Waals surface area contributed by atoms with Gasteiger partial charge in [-0.3, -0.25) is 0 Å². The molecule has 1 rings (SSSR count). The fraction of sp³-hybridized carbons (Fsp3) is 0.600. The molecule has 1 aromatic rings. The van der Waals surface area contributed by atoms with Crippen LogP contribution in [-0.2, 0) is 0 Å². The van der Waals surface area contributed by atoms with Crippen LogP contribution in [0.2, 0.25) is 0 Å². The van der Waals surface area contributed by atoms with Crippen molar-refractivity contribution in [3.8, 4) is 17.8 Å². The third-order valence-corrected chi connectivity index (χ3v) is 2.00. The molecule has 0 saturated heterocycles. The number of ether oxygens (including phenoxy) is 3. The summed E-state index contributed by atoms with van der Waals surface area (Å²) in [5, 5.41) is 0. The molecule has 0 aliphatic carbocycles. The zero-order valence-electron chi connectivity index (χ0n) is 9.70. The van der Waals surface area contributed by atoms with Gasteiger partial charge in [0.1, 0.15) is 0 Å². The molecule has 0 radical (unpaired) electrons. The fourth-order valence-corrected chi connectivity index (χ4v) is 1.31. The minimum Gasteiger partial charge on any atom is -0.481 e. The van der Waals surface area contributed by atoms with E-state index < -0.39 is 0 Å². The van der Waals surface area contributed by atoms with Crippen LogP contribution in [0.3, 0.4) is 0 Å². The Kier molecular flexibility index (Phi) is 3.71. The summed E-state index contributed by atoms with van der Waals surface area (Å²) in [4.78, 5) is 8.21. The third-order valence-electron chi connectivity index (χ3n) is 2.00. The minimum atomic E-state index is 0.223. The number of hydrogen-bond acceptors (Lipinski definition) is 5. The van der Waals surface area contributed by atoms with E-state index >= 15 is 0 Å². The Morgan fingerprint density at radius 1 is 0.867 bits per heavy atom. The predicted molar refractivity (Wildman–Crippen MR) is 55.8 cm³/mol. The summed E-state index contributed by atoms with van der Waals surface area (Å²) in [5.74, 6) is 1.21. The highest BCUT2D eigenvalue weighted by Gasteiger charge is 2.18. The second-order valence-electron chi connectivity index (χ2n) is 3.30. The molecule has 5 heteroatoms. The van der Waals surface area contributed by atoms with Gasteiger partial charge in [-0.25, -0.2) is 0 Å². The molecule has 5 nitrogen and oxygen atoms in total. The summed E-state index contributed by atoms with van der Waals surface area (Å²) in [6.07, 6.45) is 0. The van der Waals surface area contributed by atoms with Crippen LogP contribution in [0, 0.1) is 0 Å². The monoisotopic (exact) mass is 212 g/mol. The van der Waals surface area contributed by atoms with Gasteiger partial charge in [0.2, 0.25) is 11.8 Å². The van der Waals surface area contributed by atoms with Gasteiger partial charge in [-0.1, -0.05) is 13.8 Å². The largest absolute Gasteiger partial charge is 0.481 e. The normalized spacial score (nSPS) is 10.3. The van der Waals surface area contributed by atoms with Gasteiger partial charge in [0.05, 0.1) is 26.9 Å². The molecular formula is C10H16N2O3. The number of hydrogen-bond donors (Lipinski definition) is 0. The molecule has 0 saturated carbocycles. The summed E-state index contributed by atoms with van der Waals surface area (Å²) in [7, 11) is 4.63. The Hall–Kier alpha value is -1.52. The highest BCUT2D eigenvalue weighted by molar-refractivity contribution is 5.39. The van der Waals surface area contributed by atoms with Crippen LogP contribution in [0.1, 0.15) is 25.3 Å². The van der Waals surface area contributed by atoms with Crippen LogP contribution in [-0.4, -0.2) is 31.3 Å². The fourth-order valence-electron chi connectivity index (χ4n) is 1.31. The predicted octanol–water partition coefficient (Wildman–Crippen LogP) is 1.63. The van der Waals surface area contributed by atoms with Crippen molar-refractivity contribution in [2.45, 2.75) is 19.8 Å². The number of rotatable bonds is 4. The SMILES string of the molecule is COc1nc(OC)c(C(C)C)c(OC)n1. The van der Waals surface area contributed by atoms with E-state index in [9.17, 15) is 0 Å². The molecule has 0 aliphatic heterocycles. The highest BCUT2D eigenvalue weighted by atomic mass is 16.5. The number of aromatic nitrogens is 2. The molecule has 0 aliphatic rings. The standard InChI is InChI=1S/C10H16N2O3/c1-6(2)7-8(13-3)11-10(15-5)12-9(7)14-4/h6H,1-5H3. The van der Waals surface area contributed by atoms with Crippen LogP contribution in [0.25, 0.3) is 0 Å². The highest BCUT2D eigenvalue weighted by Crippen LogP contribution is 2.33. The lowest BCUT2D eigenvalue weighted by Crippen LogP contribution is -2.05. The smallest absolute Gasteiger partial charge is 0.322 e. The van der Waals surface area contributed by atoms with Gasteiger partial charge in [0.15, 0.2) is 0 Å². The zero-order valence-corrected chi connectivity index (χ0v) is 9.70. The Morgan fingerprint density at radius 2 is 1.33 bits per heavy atom. The van der Waals surface area contributed by atoms with Gasteiger partial charge in [-0.2, -0.15) is 9.97 Å². The molecule has 0 N–H and O–H groups in total. The van der Waals surface area contributed by atoms with Gasteiger partial charge < -0.3 is 14.2 Å². The van der Waals surface area contributed by atoms with Crippen molar-refractivity contribution in [1.82, 2.24) is 9.97 Å². The van der Waals surface area contributed by atoms with Crippen molar-refractivity contribution in [1.29, 1.82) is 0 Å². The maximum Gasteiger partial charge on any atom is 0.322 e.